The van der Waals surface area contributed by atoms with Crippen LogP contribution in [0.1, 0.15) is 29.7 Å². The Balaban J connectivity index is 1.50. The average molecular weight is 384 g/mol. The quantitative estimate of drug-likeness (QED) is 0.759. The summed E-state index contributed by atoms with van der Waals surface area (Å²) in [6.07, 6.45) is 5.42. The Morgan fingerprint density at radius 3 is 2.36 bits per heavy atom. The summed E-state index contributed by atoms with van der Waals surface area (Å²) >= 11 is 0. The summed E-state index contributed by atoms with van der Waals surface area (Å²) in [7, 11) is 4.97. The van der Waals surface area contributed by atoms with E-state index in [-0.39, 0.29) is 0 Å². The lowest BCUT2D eigenvalue weighted by Crippen LogP contribution is -2.32. The Morgan fingerprint density at radius 1 is 0.929 bits per heavy atom. The van der Waals surface area contributed by atoms with Crippen LogP contribution in [0.5, 0.6) is 17.2 Å². The zero-order valence-corrected chi connectivity index (χ0v) is 16.9. The van der Waals surface area contributed by atoms with E-state index >= 15 is 0 Å². The van der Waals surface area contributed by atoms with E-state index in [9.17, 15) is 0 Å². The maximum Gasteiger partial charge on any atom is 0.225 e. The van der Waals surface area contributed by atoms with E-state index < -0.39 is 0 Å². The van der Waals surface area contributed by atoms with Crippen LogP contribution in [-0.4, -0.2) is 55.8 Å². The Morgan fingerprint density at radius 2 is 1.64 bits per heavy atom. The van der Waals surface area contributed by atoms with Gasteiger partial charge in [0.2, 0.25) is 5.95 Å². The van der Waals surface area contributed by atoms with Crippen LogP contribution in [0.15, 0.2) is 18.3 Å². The Hall–Kier alpha value is -2.54. The molecule has 4 rings (SSSR count). The van der Waals surface area contributed by atoms with E-state index in [4.69, 9.17) is 19.2 Å². The molecule has 1 saturated heterocycles. The molecule has 1 aromatic carbocycles. The molecular formula is C21H28N4O3. The smallest absolute Gasteiger partial charge is 0.225 e. The summed E-state index contributed by atoms with van der Waals surface area (Å²) in [5, 5.41) is 0. The zero-order chi connectivity index (χ0) is 19.5. The highest BCUT2D eigenvalue weighted by Crippen LogP contribution is 2.35. The summed E-state index contributed by atoms with van der Waals surface area (Å²) < 4.78 is 16.4. The van der Waals surface area contributed by atoms with Crippen molar-refractivity contribution in [3.8, 4) is 17.2 Å². The summed E-state index contributed by atoms with van der Waals surface area (Å²) in [6, 6.07) is 3.89. The van der Waals surface area contributed by atoms with E-state index in [1.807, 2.05) is 18.3 Å². The van der Waals surface area contributed by atoms with Gasteiger partial charge in [-0.15, -0.1) is 0 Å². The van der Waals surface area contributed by atoms with Crippen molar-refractivity contribution in [3.63, 3.8) is 0 Å². The molecule has 28 heavy (non-hydrogen) atoms. The average Bonchev–Trinajstić information content (AvgIpc) is 3.28. The number of ether oxygens (including phenoxy) is 3. The predicted octanol–water partition coefficient (Wildman–Crippen LogP) is 2.66. The van der Waals surface area contributed by atoms with Gasteiger partial charge in [0, 0.05) is 62.5 Å². The molecule has 7 nitrogen and oxygen atoms in total. The third-order valence-electron chi connectivity index (χ3n) is 5.57. The first-order valence-electron chi connectivity index (χ1n) is 9.82. The van der Waals surface area contributed by atoms with Crippen molar-refractivity contribution in [3.05, 3.63) is 35.2 Å². The molecule has 3 heterocycles. The topological polar surface area (TPSA) is 60.0 Å². The molecule has 2 aliphatic rings. The highest BCUT2D eigenvalue weighted by atomic mass is 16.5. The Kier molecular flexibility index (Phi) is 5.52. The van der Waals surface area contributed by atoms with Crippen molar-refractivity contribution < 1.29 is 14.2 Å². The van der Waals surface area contributed by atoms with Crippen LogP contribution in [0.3, 0.4) is 0 Å². The van der Waals surface area contributed by atoms with Gasteiger partial charge in [0.15, 0.2) is 11.5 Å². The lowest BCUT2D eigenvalue weighted by atomic mass is 10.1. The molecule has 0 saturated carbocycles. The SMILES string of the molecule is COc1cc(OC)c(OC)cc1CN1CCc2nc(N3CCCC3)ncc2C1. The fourth-order valence-corrected chi connectivity index (χ4v) is 4.03. The third-order valence-corrected chi connectivity index (χ3v) is 5.57. The molecular weight excluding hydrogens is 356 g/mol. The van der Waals surface area contributed by atoms with Crippen molar-refractivity contribution in [1.82, 2.24) is 14.9 Å². The van der Waals surface area contributed by atoms with Crippen molar-refractivity contribution in [2.24, 2.45) is 0 Å². The first-order chi connectivity index (χ1) is 13.7. The first kappa shape index (κ1) is 18.8. The normalized spacial score (nSPS) is 16.8. The van der Waals surface area contributed by atoms with E-state index in [1.165, 1.54) is 24.1 Å². The molecule has 0 bridgehead atoms. The molecule has 0 radical (unpaired) electrons. The van der Waals surface area contributed by atoms with Crippen LogP contribution in [0, 0.1) is 0 Å². The van der Waals surface area contributed by atoms with Crippen LogP contribution in [0.4, 0.5) is 5.95 Å². The van der Waals surface area contributed by atoms with E-state index in [0.717, 1.165) is 56.4 Å². The van der Waals surface area contributed by atoms with Gasteiger partial charge in [0.1, 0.15) is 5.75 Å². The first-order valence-corrected chi connectivity index (χ1v) is 9.82. The molecule has 1 fully saturated rings. The van der Waals surface area contributed by atoms with Gasteiger partial charge in [-0.05, 0) is 18.9 Å². The number of methoxy groups -OCH3 is 3. The highest BCUT2D eigenvalue weighted by Gasteiger charge is 2.23. The number of anilines is 1. The summed E-state index contributed by atoms with van der Waals surface area (Å²) in [5.74, 6) is 3.10. The van der Waals surface area contributed by atoms with E-state index in [0.29, 0.717) is 11.5 Å². The van der Waals surface area contributed by atoms with Crippen molar-refractivity contribution in [2.75, 3.05) is 45.9 Å². The van der Waals surface area contributed by atoms with Gasteiger partial charge in [0.05, 0.1) is 27.0 Å². The molecule has 2 aromatic rings. The second-order valence-electron chi connectivity index (χ2n) is 7.32. The largest absolute Gasteiger partial charge is 0.496 e. The number of hydrogen-bond donors (Lipinski definition) is 0. The molecule has 150 valence electrons. The lowest BCUT2D eigenvalue weighted by Gasteiger charge is -2.29. The minimum Gasteiger partial charge on any atom is -0.496 e. The highest BCUT2D eigenvalue weighted by molar-refractivity contribution is 5.50. The van der Waals surface area contributed by atoms with Crippen LogP contribution in [-0.2, 0) is 19.5 Å². The van der Waals surface area contributed by atoms with Crippen molar-refractivity contribution in [1.29, 1.82) is 0 Å². The molecule has 2 aliphatic heterocycles. The maximum atomic E-state index is 5.58. The van der Waals surface area contributed by atoms with Gasteiger partial charge in [0.25, 0.3) is 0 Å². The second-order valence-corrected chi connectivity index (χ2v) is 7.32. The zero-order valence-electron chi connectivity index (χ0n) is 16.9. The fourth-order valence-electron chi connectivity index (χ4n) is 4.03. The van der Waals surface area contributed by atoms with Crippen LogP contribution in [0.25, 0.3) is 0 Å². The molecule has 1 aromatic heterocycles. The molecule has 0 unspecified atom stereocenters. The molecule has 0 N–H and O–H groups in total. The number of rotatable bonds is 6. The van der Waals surface area contributed by atoms with Gasteiger partial charge in [-0.25, -0.2) is 9.97 Å². The Bertz CT molecular complexity index is 837. The molecule has 0 spiro atoms. The minimum atomic E-state index is 0.676. The van der Waals surface area contributed by atoms with Crippen LogP contribution >= 0.6 is 0 Å². The number of aromatic nitrogens is 2. The van der Waals surface area contributed by atoms with Crippen molar-refractivity contribution in [2.45, 2.75) is 32.4 Å². The van der Waals surface area contributed by atoms with Gasteiger partial charge in [-0.1, -0.05) is 0 Å². The maximum absolute atomic E-state index is 5.58. The second kappa shape index (κ2) is 8.22. The van der Waals surface area contributed by atoms with E-state index in [2.05, 4.69) is 14.8 Å². The Labute approximate surface area is 166 Å². The summed E-state index contributed by atoms with van der Waals surface area (Å²) in [6.45, 7) is 4.72. The minimum absolute atomic E-state index is 0.676. The number of nitrogens with zero attached hydrogens (tertiary/aromatic N) is 4. The standard InChI is InChI=1S/C21H28N4O3/c1-26-18-11-20(28-3)19(27-2)10-15(18)13-24-9-6-17-16(14-24)12-22-21(23-17)25-7-4-5-8-25/h10-12H,4-9,13-14H2,1-3H3. The fraction of sp³-hybridized carbons (Fsp3) is 0.524. The van der Waals surface area contributed by atoms with Crippen LogP contribution < -0.4 is 19.1 Å². The number of benzene rings is 1. The lowest BCUT2D eigenvalue weighted by molar-refractivity contribution is 0.238. The summed E-state index contributed by atoms with van der Waals surface area (Å²) in [5.41, 5.74) is 3.49. The van der Waals surface area contributed by atoms with Gasteiger partial charge < -0.3 is 19.1 Å². The van der Waals surface area contributed by atoms with Crippen LogP contribution in [0.2, 0.25) is 0 Å². The van der Waals surface area contributed by atoms with E-state index in [1.54, 1.807) is 21.3 Å². The summed E-state index contributed by atoms with van der Waals surface area (Å²) in [4.78, 5) is 14.2. The van der Waals surface area contributed by atoms with Gasteiger partial charge in [-0.2, -0.15) is 0 Å². The predicted molar refractivity (Wildman–Crippen MR) is 107 cm³/mol. The molecule has 0 amide bonds. The molecule has 7 heteroatoms. The number of hydrogen-bond acceptors (Lipinski definition) is 7. The number of fused-ring (bicyclic) bond motifs is 1. The van der Waals surface area contributed by atoms with Gasteiger partial charge in [-0.3, -0.25) is 4.90 Å². The molecule has 0 aliphatic carbocycles. The van der Waals surface area contributed by atoms with Gasteiger partial charge >= 0.3 is 0 Å². The monoisotopic (exact) mass is 384 g/mol. The third kappa shape index (κ3) is 3.71. The molecule has 0 atom stereocenters. The van der Waals surface area contributed by atoms with Crippen molar-refractivity contribution >= 4 is 5.95 Å².